The number of likely N-dealkylation sites (N-methyl/N-ethyl adjacent to an activating group) is 1. The third kappa shape index (κ3) is 4.20. The van der Waals surface area contributed by atoms with E-state index in [2.05, 4.69) is 5.32 Å². The minimum absolute atomic E-state index is 0.00655. The molecule has 0 spiro atoms. The summed E-state index contributed by atoms with van der Waals surface area (Å²) >= 11 is 1.59. The lowest BCUT2D eigenvalue weighted by molar-refractivity contribution is -0.137. The molecule has 0 aliphatic carbocycles. The highest BCUT2D eigenvalue weighted by Gasteiger charge is 2.35. The fraction of sp³-hybridized carbons (Fsp3) is 0.368. The van der Waals surface area contributed by atoms with Crippen LogP contribution in [0.25, 0.3) is 0 Å². The Hall–Kier alpha value is -2.39. The second-order valence-corrected chi connectivity index (χ2v) is 7.55. The maximum atomic E-state index is 13.1. The van der Waals surface area contributed by atoms with Crippen molar-refractivity contribution in [3.05, 3.63) is 46.2 Å². The zero-order chi connectivity index (χ0) is 20.5. The van der Waals surface area contributed by atoms with Gasteiger partial charge in [-0.05, 0) is 43.1 Å². The van der Waals surface area contributed by atoms with E-state index in [1.165, 1.54) is 11.0 Å². The summed E-state index contributed by atoms with van der Waals surface area (Å²) < 4.78 is 38.9. The number of nitrogens with one attached hydrogen (secondary N) is 1. The number of benzene rings is 1. The van der Waals surface area contributed by atoms with Crippen LogP contribution >= 0.6 is 11.3 Å². The van der Waals surface area contributed by atoms with Crippen LogP contribution in [0, 0.1) is 0 Å². The van der Waals surface area contributed by atoms with Crippen molar-refractivity contribution in [2.24, 2.45) is 0 Å². The molecule has 1 N–H and O–H groups in total. The topological polar surface area (TPSA) is 52.7 Å². The summed E-state index contributed by atoms with van der Waals surface area (Å²) in [7, 11) is 0. The molecule has 0 fully saturated rings. The van der Waals surface area contributed by atoms with E-state index in [0.29, 0.717) is 13.1 Å². The van der Waals surface area contributed by atoms with Crippen LogP contribution in [-0.2, 0) is 22.3 Å². The van der Waals surface area contributed by atoms with Crippen molar-refractivity contribution in [2.75, 3.05) is 23.3 Å². The average molecular weight is 411 g/mol. The lowest BCUT2D eigenvalue weighted by Crippen LogP contribution is -2.51. The number of amides is 2. The smallest absolute Gasteiger partial charge is 0.323 e. The molecule has 3 rings (SSSR count). The molecule has 0 saturated heterocycles. The first-order valence-corrected chi connectivity index (χ1v) is 9.67. The molecule has 1 aromatic carbocycles. The van der Waals surface area contributed by atoms with Crippen LogP contribution in [0.15, 0.2) is 35.7 Å². The van der Waals surface area contributed by atoms with Crippen molar-refractivity contribution >= 4 is 34.5 Å². The SMILES string of the molecule is CCN(Cc1cccs1)C(C)C(=O)N1CC(=O)Nc2cc(C(F)(F)F)ccc21. The molecule has 9 heteroatoms. The number of thiophene rings is 1. The van der Waals surface area contributed by atoms with E-state index >= 15 is 0 Å². The van der Waals surface area contributed by atoms with Gasteiger partial charge in [0.2, 0.25) is 11.8 Å². The minimum atomic E-state index is -4.53. The van der Waals surface area contributed by atoms with E-state index in [1.54, 1.807) is 18.3 Å². The molecule has 1 aliphatic rings. The summed E-state index contributed by atoms with van der Waals surface area (Å²) in [5, 5.41) is 4.39. The summed E-state index contributed by atoms with van der Waals surface area (Å²) in [5.74, 6) is -0.844. The van der Waals surface area contributed by atoms with Crippen LogP contribution in [0.3, 0.4) is 0 Å². The summed E-state index contributed by atoms with van der Waals surface area (Å²) in [4.78, 5) is 29.5. The Morgan fingerprint density at radius 3 is 2.71 bits per heavy atom. The molecular formula is C19H20F3N3O2S. The lowest BCUT2D eigenvalue weighted by atomic mass is 10.1. The molecule has 2 heterocycles. The highest BCUT2D eigenvalue weighted by molar-refractivity contribution is 7.09. The number of hydrogen-bond acceptors (Lipinski definition) is 4. The molecule has 1 unspecified atom stereocenters. The fourth-order valence-corrected chi connectivity index (χ4v) is 3.90. The number of fused-ring (bicyclic) bond motifs is 1. The quantitative estimate of drug-likeness (QED) is 0.810. The molecule has 28 heavy (non-hydrogen) atoms. The molecular weight excluding hydrogens is 391 g/mol. The van der Waals surface area contributed by atoms with Gasteiger partial charge in [0, 0.05) is 11.4 Å². The highest BCUT2D eigenvalue weighted by Crippen LogP contribution is 2.37. The normalized spacial score (nSPS) is 15.4. The van der Waals surface area contributed by atoms with E-state index in [4.69, 9.17) is 0 Å². The van der Waals surface area contributed by atoms with Crippen LogP contribution in [0.5, 0.6) is 0 Å². The van der Waals surface area contributed by atoms with Gasteiger partial charge in [-0.25, -0.2) is 0 Å². The minimum Gasteiger partial charge on any atom is -0.323 e. The van der Waals surface area contributed by atoms with Gasteiger partial charge in [-0.2, -0.15) is 13.2 Å². The predicted octanol–water partition coefficient (Wildman–Crippen LogP) is 3.96. The number of hydrogen-bond donors (Lipinski definition) is 1. The maximum absolute atomic E-state index is 13.1. The van der Waals surface area contributed by atoms with Gasteiger partial charge in [0.25, 0.3) is 0 Å². The Balaban J connectivity index is 1.86. The standard InChI is InChI=1S/C19H20F3N3O2S/c1-3-24(10-14-5-4-8-28-14)12(2)18(27)25-11-17(26)23-15-9-13(19(20,21)22)6-7-16(15)25/h4-9,12H,3,10-11H2,1-2H3,(H,23,26). The van der Waals surface area contributed by atoms with Crippen LogP contribution in [0.4, 0.5) is 24.5 Å². The molecule has 1 atom stereocenters. The number of nitrogens with zero attached hydrogens (tertiary/aromatic N) is 2. The second kappa shape index (κ2) is 7.92. The molecule has 1 aromatic heterocycles. The van der Waals surface area contributed by atoms with E-state index in [-0.39, 0.29) is 23.8 Å². The number of carbonyl (C=O) groups is 2. The molecule has 1 aliphatic heterocycles. The van der Waals surface area contributed by atoms with Gasteiger partial charge >= 0.3 is 6.18 Å². The molecule has 0 bridgehead atoms. The van der Waals surface area contributed by atoms with Crippen LogP contribution < -0.4 is 10.2 Å². The molecule has 2 aromatic rings. The Bertz CT molecular complexity index is 868. The van der Waals surface area contributed by atoms with Crippen molar-refractivity contribution < 1.29 is 22.8 Å². The van der Waals surface area contributed by atoms with Gasteiger partial charge in [-0.1, -0.05) is 13.0 Å². The Labute approximate surface area is 164 Å². The van der Waals surface area contributed by atoms with E-state index in [0.717, 1.165) is 17.0 Å². The van der Waals surface area contributed by atoms with Gasteiger partial charge in [-0.3, -0.25) is 19.4 Å². The molecule has 2 amide bonds. The van der Waals surface area contributed by atoms with Gasteiger partial charge < -0.3 is 5.32 Å². The van der Waals surface area contributed by atoms with Gasteiger partial charge in [0.1, 0.15) is 6.54 Å². The fourth-order valence-electron chi connectivity index (χ4n) is 3.17. The van der Waals surface area contributed by atoms with E-state index in [9.17, 15) is 22.8 Å². The van der Waals surface area contributed by atoms with Crippen LogP contribution in [0.1, 0.15) is 24.3 Å². The molecule has 5 nitrogen and oxygen atoms in total. The van der Waals surface area contributed by atoms with Crippen LogP contribution in [0.2, 0.25) is 0 Å². The number of rotatable bonds is 5. The van der Waals surface area contributed by atoms with Gasteiger partial charge in [-0.15, -0.1) is 11.3 Å². The second-order valence-electron chi connectivity index (χ2n) is 6.52. The number of carbonyl (C=O) groups excluding carboxylic acids is 2. The average Bonchev–Trinajstić information content (AvgIpc) is 3.16. The van der Waals surface area contributed by atoms with E-state index in [1.807, 2.05) is 29.3 Å². The zero-order valence-corrected chi connectivity index (χ0v) is 16.2. The Kier molecular flexibility index (Phi) is 5.76. The largest absolute Gasteiger partial charge is 0.416 e. The molecule has 0 saturated carbocycles. The zero-order valence-electron chi connectivity index (χ0n) is 15.4. The number of anilines is 2. The van der Waals surface area contributed by atoms with Gasteiger partial charge in [0.05, 0.1) is 23.0 Å². The van der Waals surface area contributed by atoms with Crippen molar-refractivity contribution in [2.45, 2.75) is 32.6 Å². The van der Waals surface area contributed by atoms with Gasteiger partial charge in [0.15, 0.2) is 0 Å². The highest BCUT2D eigenvalue weighted by atomic mass is 32.1. The lowest BCUT2D eigenvalue weighted by Gasteiger charge is -2.35. The first kappa shape index (κ1) is 20.3. The number of halogens is 3. The first-order valence-electron chi connectivity index (χ1n) is 8.79. The summed E-state index contributed by atoms with van der Waals surface area (Å²) in [6.07, 6.45) is -4.53. The Morgan fingerprint density at radius 1 is 1.36 bits per heavy atom. The maximum Gasteiger partial charge on any atom is 0.416 e. The van der Waals surface area contributed by atoms with Crippen molar-refractivity contribution in [3.8, 4) is 0 Å². The van der Waals surface area contributed by atoms with Crippen molar-refractivity contribution in [3.63, 3.8) is 0 Å². The molecule has 150 valence electrons. The number of alkyl halides is 3. The third-order valence-electron chi connectivity index (χ3n) is 4.71. The summed E-state index contributed by atoms with van der Waals surface area (Å²) in [5.41, 5.74) is -0.605. The van der Waals surface area contributed by atoms with Crippen molar-refractivity contribution in [1.82, 2.24) is 4.90 Å². The summed E-state index contributed by atoms with van der Waals surface area (Å²) in [6, 6.07) is 6.40. The monoisotopic (exact) mass is 411 g/mol. The van der Waals surface area contributed by atoms with E-state index < -0.39 is 23.7 Å². The third-order valence-corrected chi connectivity index (χ3v) is 5.57. The van der Waals surface area contributed by atoms with Crippen LogP contribution in [-0.4, -0.2) is 35.8 Å². The summed E-state index contributed by atoms with van der Waals surface area (Å²) in [6.45, 7) is 4.66. The predicted molar refractivity (Wildman–Crippen MR) is 102 cm³/mol. The Morgan fingerprint density at radius 2 is 2.11 bits per heavy atom. The first-order chi connectivity index (χ1) is 13.2. The molecule has 0 radical (unpaired) electrons. The van der Waals surface area contributed by atoms with Crippen molar-refractivity contribution in [1.29, 1.82) is 0 Å².